The maximum Gasteiger partial charge on any atom is 0.313 e. The number of carboxylic acids is 1. The van der Waals surface area contributed by atoms with E-state index < -0.39 is 5.97 Å². The number of hydrogen-bond acceptors (Lipinski definition) is 3. The maximum absolute atomic E-state index is 10.4. The van der Waals surface area contributed by atoms with E-state index in [0.29, 0.717) is 0 Å². The molecule has 0 aromatic carbocycles. The molecule has 0 saturated heterocycles. The van der Waals surface area contributed by atoms with E-state index >= 15 is 0 Å². The zero-order chi connectivity index (χ0) is 11.1. The molecule has 84 valence electrons. The minimum absolute atomic E-state index is 0.0742. The summed E-state index contributed by atoms with van der Waals surface area (Å²) in [4.78, 5) is 14.5. The first kappa shape index (κ1) is 12.1. The first-order chi connectivity index (χ1) is 7.24. The molecule has 0 spiro atoms. The van der Waals surface area contributed by atoms with Gasteiger partial charge >= 0.3 is 5.97 Å². The number of imidazole rings is 1. The second-order valence-corrected chi connectivity index (χ2v) is 4.24. The van der Waals surface area contributed by atoms with Crippen LogP contribution in [-0.4, -0.2) is 26.4 Å². The number of carboxylic acid groups (broad SMARTS) is 1. The lowest BCUT2D eigenvalue weighted by Gasteiger charge is -2.05. The average Bonchev–Trinajstić information content (AvgIpc) is 2.63. The third kappa shape index (κ3) is 4.38. The molecule has 1 aromatic heterocycles. The van der Waals surface area contributed by atoms with Crippen molar-refractivity contribution in [2.75, 3.05) is 5.75 Å². The van der Waals surface area contributed by atoms with E-state index in [1.807, 2.05) is 10.8 Å². The fourth-order valence-corrected chi connectivity index (χ4v) is 1.97. The third-order valence-corrected chi connectivity index (χ3v) is 2.99. The van der Waals surface area contributed by atoms with Crippen molar-refractivity contribution in [2.45, 2.75) is 37.9 Å². The highest BCUT2D eigenvalue weighted by Gasteiger charge is 2.05. The number of carbonyl (C=O) groups is 1. The van der Waals surface area contributed by atoms with Crippen molar-refractivity contribution in [2.24, 2.45) is 0 Å². The Kier molecular flexibility index (Phi) is 5.25. The zero-order valence-corrected chi connectivity index (χ0v) is 9.66. The number of thioether (sulfide) groups is 1. The van der Waals surface area contributed by atoms with Gasteiger partial charge in [0.25, 0.3) is 0 Å². The fourth-order valence-electron chi connectivity index (χ4n) is 1.26. The van der Waals surface area contributed by atoms with Crippen LogP contribution in [0.2, 0.25) is 0 Å². The van der Waals surface area contributed by atoms with Gasteiger partial charge in [-0.05, 0) is 6.42 Å². The Morgan fingerprint density at radius 2 is 2.40 bits per heavy atom. The molecular weight excluding hydrogens is 212 g/mol. The van der Waals surface area contributed by atoms with Gasteiger partial charge in [-0.15, -0.1) is 0 Å². The Bertz CT molecular complexity index is 312. The van der Waals surface area contributed by atoms with Crippen LogP contribution in [0.5, 0.6) is 0 Å². The van der Waals surface area contributed by atoms with Crippen LogP contribution in [0.25, 0.3) is 0 Å². The predicted molar refractivity (Wildman–Crippen MR) is 60.1 cm³/mol. The lowest BCUT2D eigenvalue weighted by molar-refractivity contribution is -0.133. The van der Waals surface area contributed by atoms with Crippen LogP contribution < -0.4 is 0 Å². The van der Waals surface area contributed by atoms with Crippen LogP contribution in [0, 0.1) is 0 Å². The molecule has 1 aromatic rings. The Balaban J connectivity index is 2.42. The van der Waals surface area contributed by atoms with Gasteiger partial charge in [0.2, 0.25) is 0 Å². The molecule has 0 bridgehead atoms. The molecule has 1 N–H and O–H groups in total. The van der Waals surface area contributed by atoms with Crippen molar-refractivity contribution in [3.8, 4) is 0 Å². The van der Waals surface area contributed by atoms with Gasteiger partial charge in [-0.3, -0.25) is 4.79 Å². The molecule has 0 radical (unpaired) electrons. The van der Waals surface area contributed by atoms with E-state index in [1.165, 1.54) is 24.6 Å². The van der Waals surface area contributed by atoms with E-state index in [1.54, 1.807) is 6.20 Å². The molecule has 0 aliphatic heterocycles. The van der Waals surface area contributed by atoms with E-state index in [-0.39, 0.29) is 5.75 Å². The van der Waals surface area contributed by atoms with E-state index in [4.69, 9.17) is 5.11 Å². The zero-order valence-electron chi connectivity index (χ0n) is 8.85. The van der Waals surface area contributed by atoms with Crippen molar-refractivity contribution < 1.29 is 9.90 Å². The maximum atomic E-state index is 10.4. The normalized spacial score (nSPS) is 10.5. The molecule has 1 heterocycles. The molecule has 4 nitrogen and oxygen atoms in total. The molecule has 1 rings (SSSR count). The summed E-state index contributed by atoms with van der Waals surface area (Å²) >= 11 is 1.27. The first-order valence-corrected chi connectivity index (χ1v) is 6.08. The number of aromatic nitrogens is 2. The Morgan fingerprint density at radius 3 is 3.07 bits per heavy atom. The highest BCUT2D eigenvalue weighted by molar-refractivity contribution is 7.99. The fraction of sp³-hybridized carbons (Fsp3) is 0.600. The molecule has 0 unspecified atom stereocenters. The Morgan fingerprint density at radius 1 is 1.60 bits per heavy atom. The Hall–Kier alpha value is -0.970. The molecule has 0 aliphatic rings. The van der Waals surface area contributed by atoms with Gasteiger partial charge in [0.05, 0.1) is 5.75 Å². The monoisotopic (exact) mass is 228 g/mol. The number of aryl methyl sites for hydroxylation is 1. The molecule has 0 saturated carbocycles. The molecular formula is C10H16N2O2S. The standard InChI is InChI=1S/C10H16N2O2S/c1-2-3-4-6-12-7-5-11-10(12)15-8-9(13)14/h5,7H,2-4,6,8H2,1H3,(H,13,14). The highest BCUT2D eigenvalue weighted by Crippen LogP contribution is 2.16. The summed E-state index contributed by atoms with van der Waals surface area (Å²) in [5.41, 5.74) is 0. The number of unbranched alkanes of at least 4 members (excludes halogenated alkanes) is 2. The van der Waals surface area contributed by atoms with E-state index in [2.05, 4.69) is 11.9 Å². The summed E-state index contributed by atoms with van der Waals surface area (Å²) in [5.74, 6) is -0.728. The smallest absolute Gasteiger partial charge is 0.313 e. The summed E-state index contributed by atoms with van der Waals surface area (Å²) in [7, 11) is 0. The average molecular weight is 228 g/mol. The van der Waals surface area contributed by atoms with Crippen LogP contribution in [0.4, 0.5) is 0 Å². The lowest BCUT2D eigenvalue weighted by atomic mass is 10.2. The summed E-state index contributed by atoms with van der Waals surface area (Å²) in [6.07, 6.45) is 7.12. The summed E-state index contributed by atoms with van der Waals surface area (Å²) < 4.78 is 2.02. The van der Waals surface area contributed by atoms with Gasteiger partial charge in [0.15, 0.2) is 5.16 Å². The minimum Gasteiger partial charge on any atom is -0.481 e. The van der Waals surface area contributed by atoms with E-state index in [9.17, 15) is 4.79 Å². The summed E-state index contributed by atoms with van der Waals surface area (Å²) in [6.45, 7) is 3.09. The SMILES string of the molecule is CCCCCn1ccnc1SCC(=O)O. The van der Waals surface area contributed by atoms with Crippen LogP contribution >= 0.6 is 11.8 Å². The third-order valence-electron chi connectivity index (χ3n) is 2.00. The predicted octanol–water partition coefficient (Wildman–Crippen LogP) is 2.25. The van der Waals surface area contributed by atoms with Crippen molar-refractivity contribution in [1.82, 2.24) is 9.55 Å². The lowest BCUT2D eigenvalue weighted by Crippen LogP contribution is -2.02. The molecule has 0 fully saturated rings. The number of aliphatic carboxylic acids is 1. The molecule has 5 heteroatoms. The second kappa shape index (κ2) is 6.50. The van der Waals surface area contributed by atoms with Crippen LogP contribution in [0.15, 0.2) is 17.6 Å². The van der Waals surface area contributed by atoms with Gasteiger partial charge in [-0.2, -0.15) is 0 Å². The van der Waals surface area contributed by atoms with E-state index in [0.717, 1.165) is 18.1 Å². The minimum atomic E-state index is -0.803. The molecule has 15 heavy (non-hydrogen) atoms. The van der Waals surface area contributed by atoms with Crippen LogP contribution in [0.3, 0.4) is 0 Å². The topological polar surface area (TPSA) is 55.1 Å². The summed E-state index contributed by atoms with van der Waals surface area (Å²) in [5, 5.41) is 9.36. The van der Waals surface area contributed by atoms with Gasteiger partial charge < -0.3 is 9.67 Å². The van der Waals surface area contributed by atoms with Gasteiger partial charge in [0, 0.05) is 18.9 Å². The first-order valence-electron chi connectivity index (χ1n) is 5.09. The number of rotatable bonds is 7. The number of hydrogen-bond donors (Lipinski definition) is 1. The van der Waals surface area contributed by atoms with Crippen molar-refractivity contribution >= 4 is 17.7 Å². The quantitative estimate of drug-likeness (QED) is 0.574. The highest BCUT2D eigenvalue weighted by atomic mass is 32.2. The molecule has 0 atom stereocenters. The van der Waals surface area contributed by atoms with Crippen molar-refractivity contribution in [3.63, 3.8) is 0 Å². The Labute approximate surface area is 93.7 Å². The van der Waals surface area contributed by atoms with Crippen molar-refractivity contribution in [1.29, 1.82) is 0 Å². The molecule has 0 amide bonds. The van der Waals surface area contributed by atoms with Gasteiger partial charge in [-0.1, -0.05) is 31.5 Å². The van der Waals surface area contributed by atoms with Gasteiger partial charge in [0.1, 0.15) is 0 Å². The van der Waals surface area contributed by atoms with Gasteiger partial charge in [-0.25, -0.2) is 4.98 Å². The van der Waals surface area contributed by atoms with Crippen molar-refractivity contribution in [3.05, 3.63) is 12.4 Å². The second-order valence-electron chi connectivity index (χ2n) is 3.29. The van der Waals surface area contributed by atoms with Crippen LogP contribution in [-0.2, 0) is 11.3 Å². The molecule has 0 aliphatic carbocycles. The largest absolute Gasteiger partial charge is 0.481 e. The van der Waals surface area contributed by atoms with Crippen LogP contribution in [0.1, 0.15) is 26.2 Å². The number of nitrogens with zero attached hydrogens (tertiary/aromatic N) is 2. The summed E-state index contributed by atoms with van der Waals surface area (Å²) in [6, 6.07) is 0.